The number of thioether (sulfide) groups is 1. The number of anilines is 1. The summed E-state index contributed by atoms with van der Waals surface area (Å²) in [7, 11) is 3.24. The Balaban J connectivity index is 1.81. The second kappa shape index (κ2) is 8.90. The normalized spacial score (nSPS) is 16.1. The van der Waals surface area contributed by atoms with Gasteiger partial charge >= 0.3 is 6.03 Å². The molecule has 0 radical (unpaired) electrons. The van der Waals surface area contributed by atoms with Crippen molar-refractivity contribution in [1.82, 2.24) is 4.90 Å². The number of carbonyl (C=O) groups is 1. The number of methoxy groups -OCH3 is 2. The van der Waals surface area contributed by atoms with Gasteiger partial charge in [-0.1, -0.05) is 12.1 Å². The van der Waals surface area contributed by atoms with Gasteiger partial charge < -0.3 is 24.4 Å². The summed E-state index contributed by atoms with van der Waals surface area (Å²) in [6, 6.07) is 13.0. The van der Waals surface area contributed by atoms with Crippen molar-refractivity contribution in [1.29, 1.82) is 0 Å². The number of para-hydroxylation sites is 2. The van der Waals surface area contributed by atoms with Crippen molar-refractivity contribution >= 4 is 23.5 Å². The molecule has 0 unspecified atom stereocenters. The molecule has 1 fully saturated rings. The molecule has 2 amide bonds. The van der Waals surface area contributed by atoms with Gasteiger partial charge in [0.25, 0.3) is 0 Å². The highest BCUT2D eigenvalue weighted by molar-refractivity contribution is 7.99. The van der Waals surface area contributed by atoms with Crippen molar-refractivity contribution < 1.29 is 19.0 Å². The number of nitrogens with zero attached hydrogens (tertiary/aromatic N) is 1. The first-order valence-corrected chi connectivity index (χ1v) is 9.85. The zero-order valence-corrected chi connectivity index (χ0v) is 16.5. The minimum absolute atomic E-state index is 0.103. The molecule has 0 bridgehead atoms. The van der Waals surface area contributed by atoms with Gasteiger partial charge in [-0.3, -0.25) is 0 Å². The smallest absolute Gasteiger partial charge is 0.323 e. The maximum Gasteiger partial charge on any atom is 0.323 e. The Morgan fingerprint density at radius 2 is 1.89 bits per heavy atom. The Morgan fingerprint density at radius 1 is 1.19 bits per heavy atom. The average Bonchev–Trinajstić information content (AvgIpc) is 3.19. The predicted molar refractivity (Wildman–Crippen MR) is 108 cm³/mol. The van der Waals surface area contributed by atoms with Crippen LogP contribution in [0.5, 0.6) is 17.2 Å². The van der Waals surface area contributed by atoms with E-state index < -0.39 is 0 Å². The Labute approximate surface area is 163 Å². The monoisotopic (exact) mass is 388 g/mol. The first-order chi connectivity index (χ1) is 13.2. The Morgan fingerprint density at radius 3 is 2.56 bits per heavy atom. The van der Waals surface area contributed by atoms with Gasteiger partial charge in [-0.25, -0.2) is 4.79 Å². The number of hydrogen-bond acceptors (Lipinski definition) is 5. The van der Waals surface area contributed by atoms with Crippen molar-refractivity contribution in [2.24, 2.45) is 0 Å². The molecule has 2 aromatic rings. The highest BCUT2D eigenvalue weighted by atomic mass is 32.2. The highest BCUT2D eigenvalue weighted by Gasteiger charge is 2.31. The maximum absolute atomic E-state index is 12.9. The summed E-state index contributed by atoms with van der Waals surface area (Å²) in [6.45, 7) is 3.12. The lowest BCUT2D eigenvalue weighted by Gasteiger charge is -2.25. The van der Waals surface area contributed by atoms with E-state index in [1.165, 1.54) is 0 Å². The van der Waals surface area contributed by atoms with Crippen LogP contribution in [0.3, 0.4) is 0 Å². The Bertz CT molecular complexity index is 777. The predicted octanol–water partition coefficient (Wildman–Crippen LogP) is 4.38. The highest BCUT2D eigenvalue weighted by Crippen LogP contribution is 2.41. The van der Waals surface area contributed by atoms with Crippen LogP contribution in [0.1, 0.15) is 17.9 Å². The van der Waals surface area contributed by atoms with Crippen LogP contribution in [0.4, 0.5) is 10.5 Å². The lowest BCUT2D eigenvalue weighted by molar-refractivity contribution is 0.214. The number of nitrogens with one attached hydrogen (secondary N) is 1. The standard InChI is InChI=1S/C20H24N2O4S/c1-4-26-18-8-6-5-7-17(18)21-20(23)22-9-10-27-19(22)14-11-15(24-2)13-16(12-14)25-3/h5-8,11-13,19H,4,9-10H2,1-3H3,(H,21,23)/t19-/m0/s1. The molecule has 3 rings (SSSR count). The third kappa shape index (κ3) is 4.42. The lowest BCUT2D eigenvalue weighted by Crippen LogP contribution is -2.34. The molecule has 0 aromatic heterocycles. The number of rotatable bonds is 6. The minimum atomic E-state index is -0.154. The molecular weight excluding hydrogens is 364 g/mol. The van der Waals surface area contributed by atoms with Crippen LogP contribution < -0.4 is 19.5 Å². The summed E-state index contributed by atoms with van der Waals surface area (Å²) in [5.41, 5.74) is 1.64. The van der Waals surface area contributed by atoms with E-state index in [2.05, 4.69) is 5.32 Å². The zero-order chi connectivity index (χ0) is 19.2. The SMILES string of the molecule is CCOc1ccccc1NC(=O)N1CCS[C@H]1c1cc(OC)cc(OC)c1. The van der Waals surface area contributed by atoms with Crippen molar-refractivity contribution in [3.8, 4) is 17.2 Å². The van der Waals surface area contributed by atoms with Gasteiger partial charge in [0.2, 0.25) is 0 Å². The summed E-state index contributed by atoms with van der Waals surface area (Å²) >= 11 is 1.72. The number of urea groups is 1. The second-order valence-corrected chi connectivity index (χ2v) is 7.11. The number of benzene rings is 2. The third-order valence-corrected chi connectivity index (χ3v) is 5.50. The topological polar surface area (TPSA) is 60.0 Å². The fourth-order valence-corrected chi connectivity index (χ4v) is 4.20. The van der Waals surface area contributed by atoms with Crippen LogP contribution in [-0.4, -0.2) is 44.1 Å². The van der Waals surface area contributed by atoms with E-state index in [0.29, 0.717) is 36.1 Å². The molecule has 6 nitrogen and oxygen atoms in total. The Kier molecular flexibility index (Phi) is 6.34. The minimum Gasteiger partial charge on any atom is -0.497 e. The van der Waals surface area contributed by atoms with Gasteiger partial charge in [0.15, 0.2) is 0 Å². The summed E-state index contributed by atoms with van der Waals surface area (Å²) in [6.07, 6.45) is 0. The van der Waals surface area contributed by atoms with E-state index in [1.54, 1.807) is 26.0 Å². The molecule has 2 aromatic carbocycles. The number of hydrogen-bond donors (Lipinski definition) is 1. The molecule has 1 atom stereocenters. The second-order valence-electron chi connectivity index (χ2n) is 5.92. The van der Waals surface area contributed by atoms with Gasteiger partial charge in [0, 0.05) is 18.4 Å². The van der Waals surface area contributed by atoms with Crippen molar-refractivity contribution in [3.63, 3.8) is 0 Å². The quantitative estimate of drug-likeness (QED) is 0.796. The molecule has 1 saturated heterocycles. The molecule has 0 saturated carbocycles. The molecule has 1 heterocycles. The summed E-state index contributed by atoms with van der Waals surface area (Å²) in [5, 5.41) is 2.88. The van der Waals surface area contributed by atoms with Crippen LogP contribution >= 0.6 is 11.8 Å². The van der Waals surface area contributed by atoms with Crippen LogP contribution in [0.2, 0.25) is 0 Å². The number of carbonyl (C=O) groups excluding carboxylic acids is 1. The summed E-state index contributed by atoms with van der Waals surface area (Å²) in [5.74, 6) is 2.95. The van der Waals surface area contributed by atoms with E-state index in [1.807, 2.05) is 54.3 Å². The van der Waals surface area contributed by atoms with E-state index in [4.69, 9.17) is 14.2 Å². The maximum atomic E-state index is 12.9. The van der Waals surface area contributed by atoms with Crippen LogP contribution in [0.25, 0.3) is 0 Å². The van der Waals surface area contributed by atoms with Gasteiger partial charge in [-0.05, 0) is 36.8 Å². The van der Waals surface area contributed by atoms with E-state index in [9.17, 15) is 4.79 Å². The van der Waals surface area contributed by atoms with Crippen LogP contribution in [-0.2, 0) is 0 Å². The third-order valence-electron chi connectivity index (χ3n) is 4.24. The van der Waals surface area contributed by atoms with Crippen molar-refractivity contribution in [2.45, 2.75) is 12.3 Å². The van der Waals surface area contributed by atoms with Crippen molar-refractivity contribution in [2.75, 3.05) is 38.4 Å². The van der Waals surface area contributed by atoms with Gasteiger partial charge in [-0.2, -0.15) is 0 Å². The molecular formula is C20H24N2O4S. The largest absolute Gasteiger partial charge is 0.497 e. The summed E-state index contributed by atoms with van der Waals surface area (Å²) in [4.78, 5) is 14.8. The van der Waals surface area contributed by atoms with Gasteiger partial charge in [0.05, 0.1) is 26.5 Å². The molecule has 7 heteroatoms. The molecule has 0 aliphatic carbocycles. The van der Waals surface area contributed by atoms with Crippen LogP contribution in [0, 0.1) is 0 Å². The van der Waals surface area contributed by atoms with E-state index in [-0.39, 0.29) is 11.4 Å². The lowest BCUT2D eigenvalue weighted by atomic mass is 10.2. The fraction of sp³-hybridized carbons (Fsp3) is 0.350. The molecule has 0 spiro atoms. The molecule has 27 heavy (non-hydrogen) atoms. The Hall–Kier alpha value is -2.54. The fourth-order valence-electron chi connectivity index (χ4n) is 2.96. The number of amides is 2. The van der Waals surface area contributed by atoms with E-state index in [0.717, 1.165) is 11.3 Å². The van der Waals surface area contributed by atoms with Gasteiger partial charge in [0.1, 0.15) is 22.6 Å². The van der Waals surface area contributed by atoms with Gasteiger partial charge in [-0.15, -0.1) is 11.8 Å². The number of ether oxygens (including phenoxy) is 3. The first-order valence-electron chi connectivity index (χ1n) is 8.80. The zero-order valence-electron chi connectivity index (χ0n) is 15.7. The molecule has 1 aliphatic heterocycles. The first kappa shape index (κ1) is 19.2. The van der Waals surface area contributed by atoms with Crippen molar-refractivity contribution in [3.05, 3.63) is 48.0 Å². The van der Waals surface area contributed by atoms with Crippen LogP contribution in [0.15, 0.2) is 42.5 Å². The molecule has 1 N–H and O–H groups in total. The molecule has 1 aliphatic rings. The molecule has 144 valence electrons. The summed E-state index contributed by atoms with van der Waals surface area (Å²) < 4.78 is 16.3. The van der Waals surface area contributed by atoms with E-state index >= 15 is 0 Å². The average molecular weight is 388 g/mol.